The van der Waals surface area contributed by atoms with Crippen LogP contribution >= 0.6 is 0 Å². The first-order chi connectivity index (χ1) is 10.6. The second-order valence-corrected chi connectivity index (χ2v) is 4.74. The van der Waals surface area contributed by atoms with Crippen molar-refractivity contribution >= 4 is 11.9 Å². The van der Waals surface area contributed by atoms with Crippen LogP contribution in [0.15, 0.2) is 10.7 Å². The highest BCUT2D eigenvalue weighted by atomic mass is 19.4. The first-order valence-corrected chi connectivity index (χ1v) is 6.42. The number of oxazole rings is 1. The third kappa shape index (κ3) is 5.87. The van der Waals surface area contributed by atoms with Crippen LogP contribution in [0.1, 0.15) is 28.7 Å². The maximum absolute atomic E-state index is 10.8. The van der Waals surface area contributed by atoms with Gasteiger partial charge >= 0.3 is 18.1 Å². The molecule has 2 atom stereocenters. The molecule has 1 aromatic heterocycles. The van der Waals surface area contributed by atoms with Crippen LogP contribution in [0.3, 0.4) is 0 Å². The Hall–Kier alpha value is -2.14. The molecule has 1 aliphatic rings. The number of hydrogen-bond acceptors (Lipinski definition) is 6. The number of rotatable bonds is 4. The minimum Gasteiger partial charge on any atom is -0.475 e. The number of ether oxygens (including phenoxy) is 1. The molecule has 1 fully saturated rings. The number of hydrogen-bond donors (Lipinski definition) is 3. The fraction of sp³-hybridized carbons (Fsp3) is 0.583. The number of halogens is 3. The summed E-state index contributed by atoms with van der Waals surface area (Å²) in [5.41, 5.74) is 5.85. The zero-order chi connectivity index (χ0) is 17.6. The number of aromatic nitrogens is 1. The van der Waals surface area contributed by atoms with Gasteiger partial charge in [-0.3, -0.25) is 4.79 Å². The number of carbonyl (C=O) groups is 2. The molecule has 4 N–H and O–H groups in total. The molecule has 0 aliphatic carbocycles. The molecule has 1 saturated heterocycles. The van der Waals surface area contributed by atoms with Gasteiger partial charge in [0.2, 0.25) is 0 Å². The lowest BCUT2D eigenvalue weighted by molar-refractivity contribution is -0.192. The van der Waals surface area contributed by atoms with Crippen LogP contribution in [0.5, 0.6) is 0 Å². The van der Waals surface area contributed by atoms with Crippen molar-refractivity contribution < 1.29 is 37.0 Å². The van der Waals surface area contributed by atoms with E-state index in [9.17, 15) is 18.0 Å². The van der Waals surface area contributed by atoms with Crippen LogP contribution in [0.2, 0.25) is 0 Å². The van der Waals surface area contributed by atoms with Gasteiger partial charge in [0.15, 0.2) is 0 Å². The average Bonchev–Trinajstić information content (AvgIpc) is 3.06. The molecule has 2 rings (SSSR count). The number of nitrogens with two attached hydrogens (primary N) is 1. The van der Waals surface area contributed by atoms with E-state index in [2.05, 4.69) is 10.3 Å². The van der Waals surface area contributed by atoms with E-state index >= 15 is 0 Å². The van der Waals surface area contributed by atoms with Crippen molar-refractivity contribution in [3.8, 4) is 0 Å². The highest BCUT2D eigenvalue weighted by Gasteiger charge is 2.38. The summed E-state index contributed by atoms with van der Waals surface area (Å²) < 4.78 is 41.8. The number of aliphatic carboxylic acids is 1. The molecule has 23 heavy (non-hydrogen) atoms. The molecule has 130 valence electrons. The Labute approximate surface area is 128 Å². The lowest BCUT2D eigenvalue weighted by Gasteiger charge is -2.07. The van der Waals surface area contributed by atoms with Crippen molar-refractivity contribution in [2.45, 2.75) is 24.6 Å². The monoisotopic (exact) mass is 339 g/mol. The normalized spacial score (nSPS) is 20.7. The summed E-state index contributed by atoms with van der Waals surface area (Å²) in [6, 6.07) is 0.337. The van der Waals surface area contributed by atoms with Gasteiger partial charge in [0.1, 0.15) is 6.26 Å². The van der Waals surface area contributed by atoms with Gasteiger partial charge in [-0.15, -0.1) is 0 Å². The van der Waals surface area contributed by atoms with Crippen molar-refractivity contribution in [3.05, 3.63) is 17.8 Å². The zero-order valence-corrected chi connectivity index (χ0v) is 12.1. The highest BCUT2D eigenvalue weighted by molar-refractivity contribution is 5.87. The van der Waals surface area contributed by atoms with E-state index in [0.717, 1.165) is 18.7 Å². The minimum absolute atomic E-state index is 0.0230. The highest BCUT2D eigenvalue weighted by Crippen LogP contribution is 2.25. The predicted molar refractivity (Wildman–Crippen MR) is 69.7 cm³/mol. The number of carboxylic acid groups (broad SMARTS) is 1. The van der Waals surface area contributed by atoms with E-state index in [-0.39, 0.29) is 11.8 Å². The van der Waals surface area contributed by atoms with Crippen molar-refractivity contribution in [2.24, 2.45) is 5.73 Å². The number of alkyl halides is 3. The van der Waals surface area contributed by atoms with E-state index in [1.54, 1.807) is 7.11 Å². The lowest BCUT2D eigenvalue weighted by atomic mass is 10.0. The summed E-state index contributed by atoms with van der Waals surface area (Å²) in [7, 11) is 1.68. The van der Waals surface area contributed by atoms with Crippen LogP contribution < -0.4 is 11.1 Å². The molecule has 8 nitrogen and oxygen atoms in total. The predicted octanol–water partition coefficient (Wildman–Crippen LogP) is 0.499. The number of nitrogens with one attached hydrogen (secondary N) is 1. The standard InChI is InChI=1S/C10H15N3O3.C2HF3O2/c1-15-4-7-2-6(3-12-7)8-5-16-10(13-8)9(11)14;3-2(4,5)1(6)7/h5-7,12H,2-4H2,1H3,(H2,11,14);(H,6,7)/t6-,7-;/m1./s1. The summed E-state index contributed by atoms with van der Waals surface area (Å²) in [5.74, 6) is -3.15. The van der Waals surface area contributed by atoms with Crippen molar-refractivity contribution in [3.63, 3.8) is 0 Å². The Balaban J connectivity index is 0.000000322. The topological polar surface area (TPSA) is 128 Å². The smallest absolute Gasteiger partial charge is 0.475 e. The maximum Gasteiger partial charge on any atom is 0.490 e. The molecule has 0 spiro atoms. The molecule has 0 saturated carbocycles. The van der Waals surface area contributed by atoms with Crippen LogP contribution in [0, 0.1) is 0 Å². The summed E-state index contributed by atoms with van der Waals surface area (Å²) in [5, 5.41) is 10.4. The first-order valence-electron chi connectivity index (χ1n) is 6.42. The van der Waals surface area contributed by atoms with E-state index in [4.69, 9.17) is 24.8 Å². The van der Waals surface area contributed by atoms with E-state index in [0.29, 0.717) is 12.6 Å². The molecule has 11 heteroatoms. The Bertz CT molecular complexity index is 546. The molecule has 0 aromatic carbocycles. The summed E-state index contributed by atoms with van der Waals surface area (Å²) in [6.45, 7) is 1.50. The number of amides is 1. The fourth-order valence-electron chi connectivity index (χ4n) is 1.96. The molecule has 2 heterocycles. The van der Waals surface area contributed by atoms with Crippen molar-refractivity contribution in [1.29, 1.82) is 0 Å². The molecular weight excluding hydrogens is 323 g/mol. The first kappa shape index (κ1) is 18.9. The molecule has 0 bridgehead atoms. The van der Waals surface area contributed by atoms with E-state index in [1.807, 2.05) is 0 Å². The maximum atomic E-state index is 10.8. The van der Waals surface area contributed by atoms with Gasteiger partial charge in [-0.2, -0.15) is 13.2 Å². The van der Waals surface area contributed by atoms with Crippen molar-refractivity contribution in [1.82, 2.24) is 10.3 Å². The molecular formula is C12H16F3N3O5. The third-order valence-electron chi connectivity index (χ3n) is 2.98. The van der Waals surface area contributed by atoms with E-state index < -0.39 is 18.1 Å². The molecule has 0 unspecified atom stereocenters. The van der Waals surface area contributed by atoms with Gasteiger partial charge in [-0.25, -0.2) is 9.78 Å². The van der Waals surface area contributed by atoms with Crippen LogP contribution in [-0.4, -0.2) is 54.4 Å². The number of carbonyl (C=O) groups excluding carboxylic acids is 1. The minimum atomic E-state index is -5.08. The van der Waals surface area contributed by atoms with Crippen LogP contribution in [0.4, 0.5) is 13.2 Å². The molecule has 1 aliphatic heterocycles. The van der Waals surface area contributed by atoms with Gasteiger partial charge in [-0.05, 0) is 6.42 Å². The van der Waals surface area contributed by atoms with Crippen molar-refractivity contribution in [2.75, 3.05) is 20.3 Å². The van der Waals surface area contributed by atoms with E-state index in [1.165, 1.54) is 6.26 Å². The summed E-state index contributed by atoms with van der Waals surface area (Å²) >= 11 is 0. The van der Waals surface area contributed by atoms with Gasteiger partial charge in [0.05, 0.1) is 12.3 Å². The second-order valence-electron chi connectivity index (χ2n) is 4.74. The average molecular weight is 339 g/mol. The number of carboxylic acids is 1. The molecule has 1 aromatic rings. The van der Waals surface area contributed by atoms with Gasteiger partial charge in [0.25, 0.3) is 5.89 Å². The lowest BCUT2D eigenvalue weighted by Crippen LogP contribution is -2.25. The summed E-state index contributed by atoms with van der Waals surface area (Å²) in [4.78, 5) is 23.8. The Morgan fingerprint density at radius 2 is 2.17 bits per heavy atom. The molecule has 1 amide bonds. The van der Waals surface area contributed by atoms with Gasteiger partial charge < -0.3 is 25.3 Å². The Morgan fingerprint density at radius 1 is 1.57 bits per heavy atom. The SMILES string of the molecule is COC[C@H]1C[C@@H](c2coc(C(N)=O)n2)CN1.O=C(O)C(F)(F)F. The number of nitrogens with zero attached hydrogens (tertiary/aromatic N) is 1. The number of primary amides is 1. The Morgan fingerprint density at radius 3 is 2.61 bits per heavy atom. The second kappa shape index (κ2) is 7.92. The summed E-state index contributed by atoms with van der Waals surface area (Å²) in [6.07, 6.45) is -2.65. The van der Waals surface area contributed by atoms with Gasteiger partial charge in [0, 0.05) is 25.6 Å². The largest absolute Gasteiger partial charge is 0.490 e. The molecule has 0 radical (unpaired) electrons. The third-order valence-corrected chi connectivity index (χ3v) is 2.98. The quantitative estimate of drug-likeness (QED) is 0.728. The Kier molecular flexibility index (Phi) is 6.51. The van der Waals surface area contributed by atoms with Crippen LogP contribution in [0.25, 0.3) is 0 Å². The zero-order valence-electron chi connectivity index (χ0n) is 12.1. The fourth-order valence-corrected chi connectivity index (χ4v) is 1.96. The van der Waals surface area contributed by atoms with Crippen LogP contribution in [-0.2, 0) is 9.53 Å². The number of methoxy groups -OCH3 is 1. The van der Waals surface area contributed by atoms with Gasteiger partial charge in [-0.1, -0.05) is 0 Å².